The molecule has 33 heavy (non-hydrogen) atoms. The highest BCUT2D eigenvalue weighted by molar-refractivity contribution is 7.99. The Kier molecular flexibility index (Phi) is 7.98. The van der Waals surface area contributed by atoms with E-state index in [4.69, 9.17) is 9.47 Å². The van der Waals surface area contributed by atoms with Crippen LogP contribution < -0.4 is 10.1 Å². The Hall–Kier alpha value is -2.88. The number of methoxy groups -OCH3 is 1. The van der Waals surface area contributed by atoms with Crippen molar-refractivity contribution in [2.45, 2.75) is 18.2 Å². The van der Waals surface area contributed by atoms with Gasteiger partial charge in [0.15, 0.2) is 11.0 Å². The van der Waals surface area contributed by atoms with Crippen LogP contribution in [-0.2, 0) is 29.7 Å². The molecule has 9 heteroatoms. The van der Waals surface area contributed by atoms with Crippen molar-refractivity contribution in [3.63, 3.8) is 0 Å². The Balaban J connectivity index is 1.30. The summed E-state index contributed by atoms with van der Waals surface area (Å²) in [5.41, 5.74) is 3.33. The second kappa shape index (κ2) is 11.3. The topological polar surface area (TPSA) is 81.5 Å². The Morgan fingerprint density at radius 2 is 1.82 bits per heavy atom. The summed E-state index contributed by atoms with van der Waals surface area (Å²) in [6.45, 7) is 4.81. The molecule has 3 aromatic rings. The molecule has 0 unspecified atom stereocenters. The summed E-state index contributed by atoms with van der Waals surface area (Å²) in [6.07, 6.45) is 0. The molecule has 1 aliphatic rings. The lowest BCUT2D eigenvalue weighted by Crippen LogP contribution is -2.36. The minimum atomic E-state index is -0.0322. The predicted octanol–water partition coefficient (Wildman–Crippen LogP) is 2.73. The summed E-state index contributed by atoms with van der Waals surface area (Å²) in [5, 5.41) is 12.3. The van der Waals surface area contributed by atoms with E-state index in [2.05, 4.69) is 32.5 Å². The average Bonchev–Trinajstić information content (AvgIpc) is 3.23. The van der Waals surface area contributed by atoms with Crippen molar-refractivity contribution >= 4 is 17.7 Å². The fourth-order valence-electron chi connectivity index (χ4n) is 3.69. The zero-order valence-corrected chi connectivity index (χ0v) is 19.8. The lowest BCUT2D eigenvalue weighted by atomic mass is 10.1. The molecule has 1 amide bonds. The smallest absolute Gasteiger partial charge is 0.230 e. The number of hydrogen-bond acceptors (Lipinski definition) is 7. The average molecular weight is 468 g/mol. The Morgan fingerprint density at radius 3 is 2.55 bits per heavy atom. The molecule has 1 saturated heterocycles. The maximum atomic E-state index is 12.5. The second-order valence-corrected chi connectivity index (χ2v) is 8.76. The van der Waals surface area contributed by atoms with E-state index < -0.39 is 0 Å². The number of amides is 1. The maximum Gasteiger partial charge on any atom is 0.230 e. The molecule has 0 radical (unpaired) electrons. The van der Waals surface area contributed by atoms with E-state index in [9.17, 15) is 4.79 Å². The third kappa shape index (κ3) is 6.13. The van der Waals surface area contributed by atoms with Crippen LogP contribution in [0.1, 0.15) is 11.1 Å². The van der Waals surface area contributed by atoms with Crippen molar-refractivity contribution < 1.29 is 14.3 Å². The van der Waals surface area contributed by atoms with Crippen LogP contribution in [0.5, 0.6) is 5.75 Å². The van der Waals surface area contributed by atoms with Crippen LogP contribution >= 0.6 is 11.8 Å². The highest BCUT2D eigenvalue weighted by Gasteiger charge is 2.15. The van der Waals surface area contributed by atoms with Crippen molar-refractivity contribution in [2.24, 2.45) is 7.05 Å². The molecular formula is C24H29N5O3S. The molecule has 1 aliphatic heterocycles. The molecule has 4 rings (SSSR count). The summed E-state index contributed by atoms with van der Waals surface area (Å²) >= 11 is 1.38. The van der Waals surface area contributed by atoms with E-state index in [1.165, 1.54) is 17.3 Å². The van der Waals surface area contributed by atoms with Crippen molar-refractivity contribution in [2.75, 3.05) is 39.2 Å². The van der Waals surface area contributed by atoms with Gasteiger partial charge in [0.05, 0.1) is 26.1 Å². The van der Waals surface area contributed by atoms with Gasteiger partial charge in [-0.1, -0.05) is 36.0 Å². The number of carbonyl (C=O) groups is 1. The van der Waals surface area contributed by atoms with Gasteiger partial charge in [-0.2, -0.15) is 0 Å². The van der Waals surface area contributed by atoms with Crippen LogP contribution in [0.2, 0.25) is 0 Å². The molecule has 0 saturated carbocycles. The van der Waals surface area contributed by atoms with Crippen molar-refractivity contribution in [3.05, 3.63) is 59.7 Å². The first-order chi connectivity index (χ1) is 16.1. The summed E-state index contributed by atoms with van der Waals surface area (Å²) in [5.74, 6) is 1.78. The highest BCUT2D eigenvalue weighted by Crippen LogP contribution is 2.24. The summed E-state index contributed by atoms with van der Waals surface area (Å²) in [6, 6.07) is 15.9. The number of benzene rings is 2. The molecule has 1 N–H and O–H groups in total. The van der Waals surface area contributed by atoms with E-state index >= 15 is 0 Å². The highest BCUT2D eigenvalue weighted by atomic mass is 32.2. The standard InChI is InChI=1S/C24H29N5O3S/c1-28-23(18-7-9-21(31-2)10-8-18)26-27-24(28)33-17-22(30)25-15-19-5-3-4-6-20(19)16-29-11-13-32-14-12-29/h3-10H,11-17H2,1-2H3,(H,25,30). The summed E-state index contributed by atoms with van der Waals surface area (Å²) < 4.78 is 12.5. The first kappa shape index (κ1) is 23.3. The molecule has 8 nitrogen and oxygen atoms in total. The van der Waals surface area contributed by atoms with Gasteiger partial charge >= 0.3 is 0 Å². The molecule has 0 spiro atoms. The van der Waals surface area contributed by atoms with E-state index in [0.717, 1.165) is 55.5 Å². The minimum absolute atomic E-state index is 0.0322. The second-order valence-electron chi connectivity index (χ2n) is 7.82. The van der Waals surface area contributed by atoms with E-state index in [0.29, 0.717) is 11.7 Å². The monoisotopic (exact) mass is 467 g/mol. The third-order valence-corrected chi connectivity index (χ3v) is 6.63. The lowest BCUT2D eigenvalue weighted by molar-refractivity contribution is -0.118. The number of thioether (sulfide) groups is 1. The van der Waals surface area contributed by atoms with Gasteiger partial charge in [0, 0.05) is 38.8 Å². The van der Waals surface area contributed by atoms with Crippen LogP contribution in [0.4, 0.5) is 0 Å². The number of ether oxygens (including phenoxy) is 2. The Morgan fingerprint density at radius 1 is 1.09 bits per heavy atom. The first-order valence-electron chi connectivity index (χ1n) is 10.9. The van der Waals surface area contributed by atoms with Crippen LogP contribution in [0.25, 0.3) is 11.4 Å². The maximum absolute atomic E-state index is 12.5. The minimum Gasteiger partial charge on any atom is -0.497 e. The molecule has 174 valence electrons. The molecule has 0 atom stereocenters. The van der Waals surface area contributed by atoms with Gasteiger partial charge in [-0.3, -0.25) is 9.69 Å². The zero-order valence-electron chi connectivity index (χ0n) is 19.0. The Labute approximate surface area is 198 Å². The van der Waals surface area contributed by atoms with Gasteiger partial charge < -0.3 is 19.4 Å². The summed E-state index contributed by atoms with van der Waals surface area (Å²) in [7, 11) is 3.54. The number of nitrogens with zero attached hydrogens (tertiary/aromatic N) is 4. The number of carbonyl (C=O) groups excluding carboxylic acids is 1. The first-order valence-corrected chi connectivity index (χ1v) is 11.9. The SMILES string of the molecule is COc1ccc(-c2nnc(SCC(=O)NCc3ccccc3CN3CCOCC3)n2C)cc1. The van der Waals surface area contributed by atoms with Gasteiger partial charge in [-0.15, -0.1) is 10.2 Å². The van der Waals surface area contributed by atoms with Gasteiger partial charge in [0.1, 0.15) is 5.75 Å². The largest absolute Gasteiger partial charge is 0.497 e. The van der Waals surface area contributed by atoms with Gasteiger partial charge in [0.2, 0.25) is 5.91 Å². The molecule has 0 bridgehead atoms. The van der Waals surface area contributed by atoms with Crippen LogP contribution in [0, 0.1) is 0 Å². The van der Waals surface area contributed by atoms with Gasteiger partial charge in [0.25, 0.3) is 0 Å². The molecule has 1 fully saturated rings. The predicted molar refractivity (Wildman–Crippen MR) is 128 cm³/mol. The molecule has 2 heterocycles. The van der Waals surface area contributed by atoms with Crippen molar-refractivity contribution in [3.8, 4) is 17.1 Å². The fraction of sp³-hybridized carbons (Fsp3) is 0.375. The van der Waals surface area contributed by atoms with E-state index in [1.54, 1.807) is 7.11 Å². The Bertz CT molecular complexity index is 1060. The van der Waals surface area contributed by atoms with Gasteiger partial charge in [-0.25, -0.2) is 0 Å². The lowest BCUT2D eigenvalue weighted by Gasteiger charge is -2.27. The zero-order chi connectivity index (χ0) is 23.0. The number of hydrogen-bond donors (Lipinski definition) is 1. The fourth-order valence-corrected chi connectivity index (χ4v) is 4.43. The van der Waals surface area contributed by atoms with E-state index in [-0.39, 0.29) is 11.7 Å². The van der Waals surface area contributed by atoms with Crippen LogP contribution in [0.15, 0.2) is 53.7 Å². The van der Waals surface area contributed by atoms with Gasteiger partial charge in [-0.05, 0) is 35.4 Å². The molecule has 2 aromatic carbocycles. The number of rotatable bonds is 9. The quantitative estimate of drug-likeness (QED) is 0.485. The number of aromatic nitrogens is 3. The van der Waals surface area contributed by atoms with Crippen molar-refractivity contribution in [1.29, 1.82) is 0 Å². The van der Waals surface area contributed by atoms with Crippen LogP contribution in [0.3, 0.4) is 0 Å². The third-order valence-electron chi connectivity index (χ3n) is 5.61. The molecular weight excluding hydrogens is 438 g/mol. The normalized spacial score (nSPS) is 14.2. The van der Waals surface area contributed by atoms with Crippen LogP contribution in [-0.4, -0.2) is 64.7 Å². The number of morpholine rings is 1. The van der Waals surface area contributed by atoms with Crippen molar-refractivity contribution in [1.82, 2.24) is 25.0 Å². The molecule has 1 aromatic heterocycles. The summed E-state index contributed by atoms with van der Waals surface area (Å²) in [4.78, 5) is 14.9. The van der Waals surface area contributed by atoms with E-state index in [1.807, 2.05) is 48.0 Å². The number of nitrogens with one attached hydrogen (secondary N) is 1. The molecule has 0 aliphatic carbocycles.